The Hall–Kier alpha value is -1.34. The molecule has 0 saturated heterocycles. The van der Waals surface area contributed by atoms with Gasteiger partial charge in [0.2, 0.25) is 0 Å². The Bertz CT molecular complexity index is 695. The normalized spacial score (nSPS) is 23.7. The second-order valence-electron chi connectivity index (χ2n) is 7.77. The van der Waals surface area contributed by atoms with Crippen molar-refractivity contribution in [3.63, 3.8) is 0 Å². The smallest absolute Gasteiger partial charge is 0.0744 e. The van der Waals surface area contributed by atoms with Crippen LogP contribution in [-0.2, 0) is 0 Å². The van der Waals surface area contributed by atoms with Crippen LogP contribution >= 0.6 is 0 Å². The van der Waals surface area contributed by atoms with Gasteiger partial charge in [0, 0.05) is 0 Å². The van der Waals surface area contributed by atoms with Crippen molar-refractivity contribution < 1.29 is 0 Å². The van der Waals surface area contributed by atoms with E-state index in [1.54, 1.807) is 27.9 Å². The van der Waals surface area contributed by atoms with E-state index in [4.69, 9.17) is 0 Å². The first-order valence-corrected chi connectivity index (χ1v) is 11.9. The zero-order valence-electron chi connectivity index (χ0n) is 15.5. The van der Waals surface area contributed by atoms with Crippen molar-refractivity contribution in [2.24, 2.45) is 0 Å². The van der Waals surface area contributed by atoms with E-state index in [-0.39, 0.29) is 0 Å². The van der Waals surface area contributed by atoms with E-state index >= 15 is 0 Å². The topological polar surface area (TPSA) is 0 Å². The van der Waals surface area contributed by atoms with Gasteiger partial charge < -0.3 is 0 Å². The Balaban J connectivity index is 2.11. The van der Waals surface area contributed by atoms with Gasteiger partial charge in [-0.15, -0.1) is 0 Å². The summed E-state index contributed by atoms with van der Waals surface area (Å²) in [6.45, 7) is 14.5. The fraction of sp³-hybridized carbons (Fsp3) is 0.455. The summed E-state index contributed by atoms with van der Waals surface area (Å²) in [7, 11) is -1.55. The molecule has 0 aromatic heterocycles. The maximum absolute atomic E-state index is 2.66. The first-order valence-electron chi connectivity index (χ1n) is 9.04. The van der Waals surface area contributed by atoms with E-state index in [0.29, 0.717) is 11.1 Å². The summed E-state index contributed by atoms with van der Waals surface area (Å²) >= 11 is 0. The molecule has 0 aliphatic heterocycles. The Kier molecular flexibility index (Phi) is 4.26. The molecule has 2 unspecified atom stereocenters. The van der Waals surface area contributed by atoms with Gasteiger partial charge in [0.05, 0.1) is 8.07 Å². The third-order valence-electron chi connectivity index (χ3n) is 6.57. The molecule has 0 heterocycles. The van der Waals surface area contributed by atoms with Gasteiger partial charge in [-0.1, -0.05) is 73.5 Å². The molecule has 23 heavy (non-hydrogen) atoms. The van der Waals surface area contributed by atoms with Crippen molar-refractivity contribution in [1.29, 1.82) is 0 Å². The van der Waals surface area contributed by atoms with Crippen LogP contribution in [0.3, 0.4) is 0 Å². The standard InChI is InChI=1S/C22H30Si/c1-7-14-23(6,22-17(4)15(2)16(3)18(22)5)21-13-12-19-10-8-9-11-20(19)21/h8-13,21-22H,7,14H2,1-6H3. The number of fused-ring (bicyclic) bond motifs is 1. The maximum Gasteiger partial charge on any atom is 0.0744 e. The molecule has 0 spiro atoms. The summed E-state index contributed by atoms with van der Waals surface area (Å²) in [5.41, 5.74) is 10.8. The van der Waals surface area contributed by atoms with Gasteiger partial charge in [0.1, 0.15) is 0 Å². The maximum atomic E-state index is 2.66. The van der Waals surface area contributed by atoms with Crippen molar-refractivity contribution in [3.05, 3.63) is 63.8 Å². The van der Waals surface area contributed by atoms with Gasteiger partial charge in [-0.25, -0.2) is 0 Å². The second kappa shape index (κ2) is 5.94. The predicted molar refractivity (Wildman–Crippen MR) is 105 cm³/mol. The molecular weight excluding hydrogens is 292 g/mol. The lowest BCUT2D eigenvalue weighted by molar-refractivity contribution is 0.926. The summed E-state index contributed by atoms with van der Waals surface area (Å²) < 4.78 is 0. The first-order chi connectivity index (χ1) is 10.9. The lowest BCUT2D eigenvalue weighted by Crippen LogP contribution is -2.43. The molecule has 0 bridgehead atoms. The van der Waals surface area contributed by atoms with Gasteiger partial charge in [0.25, 0.3) is 0 Å². The van der Waals surface area contributed by atoms with Crippen molar-refractivity contribution in [1.82, 2.24) is 0 Å². The van der Waals surface area contributed by atoms with Gasteiger partial charge in [-0.05, 0) is 61.1 Å². The highest BCUT2D eigenvalue weighted by atomic mass is 28.3. The van der Waals surface area contributed by atoms with Crippen molar-refractivity contribution in [3.8, 4) is 0 Å². The minimum absolute atomic E-state index is 0.659. The quantitative estimate of drug-likeness (QED) is 0.530. The Morgan fingerprint density at radius 2 is 1.57 bits per heavy atom. The molecule has 2 aliphatic carbocycles. The van der Waals surface area contributed by atoms with Crippen LogP contribution in [0.2, 0.25) is 18.1 Å². The fourth-order valence-corrected chi connectivity index (χ4v) is 11.1. The molecule has 3 rings (SSSR count). The number of rotatable bonds is 4. The van der Waals surface area contributed by atoms with Crippen molar-refractivity contribution in [2.45, 2.75) is 64.7 Å². The van der Waals surface area contributed by atoms with Crippen LogP contribution in [0.25, 0.3) is 6.08 Å². The Morgan fingerprint density at radius 3 is 2.17 bits per heavy atom. The van der Waals surface area contributed by atoms with Crippen LogP contribution < -0.4 is 0 Å². The summed E-state index contributed by atoms with van der Waals surface area (Å²) in [6, 6.07) is 10.4. The average molecular weight is 323 g/mol. The lowest BCUT2D eigenvalue weighted by Gasteiger charge is -2.41. The average Bonchev–Trinajstić information content (AvgIpc) is 3.05. The van der Waals surface area contributed by atoms with Crippen LogP contribution in [0.5, 0.6) is 0 Å². The highest BCUT2D eigenvalue weighted by molar-refractivity contribution is 6.83. The zero-order chi connectivity index (χ0) is 16.8. The lowest BCUT2D eigenvalue weighted by atomic mass is 10.1. The molecule has 1 aromatic carbocycles. The molecule has 0 fully saturated rings. The van der Waals surface area contributed by atoms with Gasteiger partial charge in [-0.2, -0.15) is 0 Å². The summed E-state index contributed by atoms with van der Waals surface area (Å²) in [5.74, 6) is 0. The van der Waals surface area contributed by atoms with E-state index in [2.05, 4.69) is 77.6 Å². The largest absolute Gasteiger partial charge is 0.0791 e. The second-order valence-corrected chi connectivity index (χ2v) is 12.5. The molecule has 1 aromatic rings. The summed E-state index contributed by atoms with van der Waals surface area (Å²) in [5, 5.41) is 0. The zero-order valence-corrected chi connectivity index (χ0v) is 16.5. The molecule has 122 valence electrons. The Morgan fingerprint density at radius 1 is 0.957 bits per heavy atom. The monoisotopic (exact) mass is 322 g/mol. The highest BCUT2D eigenvalue weighted by Crippen LogP contribution is 2.54. The van der Waals surface area contributed by atoms with Gasteiger partial charge in [0.15, 0.2) is 0 Å². The molecule has 0 N–H and O–H groups in total. The molecule has 0 radical (unpaired) electrons. The molecule has 0 nitrogen and oxygen atoms in total. The number of allylic oxidation sites excluding steroid dienone is 5. The van der Waals surface area contributed by atoms with Crippen LogP contribution in [0.15, 0.2) is 52.6 Å². The SMILES string of the molecule is CCC[Si](C)(C1C(C)=C(C)C(C)=C1C)C1C=Cc2ccccc21. The third-order valence-corrected chi connectivity index (χ3v) is 12.3. The van der Waals surface area contributed by atoms with Crippen LogP contribution in [-0.4, -0.2) is 8.07 Å². The minimum atomic E-state index is -1.55. The van der Waals surface area contributed by atoms with E-state index < -0.39 is 8.07 Å². The highest BCUT2D eigenvalue weighted by Gasteiger charge is 2.47. The van der Waals surface area contributed by atoms with E-state index in [1.807, 2.05) is 0 Å². The molecular formula is C22H30Si. The van der Waals surface area contributed by atoms with Crippen LogP contribution in [0, 0.1) is 0 Å². The summed E-state index contributed by atoms with van der Waals surface area (Å²) in [4.78, 5) is 0. The molecule has 2 atom stereocenters. The van der Waals surface area contributed by atoms with Gasteiger partial charge in [-0.3, -0.25) is 0 Å². The van der Waals surface area contributed by atoms with Crippen molar-refractivity contribution in [2.75, 3.05) is 0 Å². The van der Waals surface area contributed by atoms with Crippen LogP contribution in [0.1, 0.15) is 57.7 Å². The molecule has 1 heteroatoms. The first kappa shape index (κ1) is 16.5. The van der Waals surface area contributed by atoms with E-state index in [0.717, 1.165) is 0 Å². The summed E-state index contributed by atoms with van der Waals surface area (Å²) in [6.07, 6.45) is 6.19. The predicted octanol–water partition coefficient (Wildman–Crippen LogP) is 6.88. The fourth-order valence-electron chi connectivity index (χ4n) is 5.18. The van der Waals surface area contributed by atoms with E-state index in [9.17, 15) is 0 Å². The minimum Gasteiger partial charge on any atom is -0.0791 e. The number of hydrogen-bond donors (Lipinski definition) is 0. The third kappa shape index (κ3) is 2.41. The molecule has 0 amide bonds. The van der Waals surface area contributed by atoms with Gasteiger partial charge >= 0.3 is 0 Å². The number of benzene rings is 1. The Labute approximate surface area is 143 Å². The molecule has 0 saturated carbocycles. The molecule has 2 aliphatic rings. The van der Waals surface area contributed by atoms with E-state index in [1.165, 1.54) is 18.0 Å². The van der Waals surface area contributed by atoms with Crippen LogP contribution in [0.4, 0.5) is 0 Å². The number of hydrogen-bond acceptors (Lipinski definition) is 0. The van der Waals surface area contributed by atoms with Crippen molar-refractivity contribution >= 4 is 14.1 Å².